The van der Waals surface area contributed by atoms with Gasteiger partial charge in [0.15, 0.2) is 0 Å². The van der Waals surface area contributed by atoms with Crippen LogP contribution in [0.5, 0.6) is 0 Å². The number of hydrogen-bond acceptors (Lipinski definition) is 4. The van der Waals surface area contributed by atoms with Crippen LogP contribution >= 0.6 is 12.4 Å². The molecule has 0 aromatic carbocycles. The van der Waals surface area contributed by atoms with Crippen LogP contribution in [0.3, 0.4) is 0 Å². The summed E-state index contributed by atoms with van der Waals surface area (Å²) < 4.78 is 9.76. The van der Waals surface area contributed by atoms with Crippen molar-refractivity contribution in [2.45, 2.75) is 12.5 Å². The van der Waals surface area contributed by atoms with Crippen LogP contribution in [0.4, 0.5) is 0 Å². The Labute approximate surface area is 78.0 Å². The summed E-state index contributed by atoms with van der Waals surface area (Å²) in [6.07, 6.45) is 0. The van der Waals surface area contributed by atoms with Gasteiger partial charge < -0.3 is 9.47 Å². The number of carbonyl (C=O) groups is 1. The topological polar surface area (TPSA) is 47.6 Å². The Morgan fingerprint density at radius 2 is 2.33 bits per heavy atom. The Morgan fingerprint density at radius 1 is 1.67 bits per heavy atom. The van der Waals surface area contributed by atoms with E-state index >= 15 is 0 Å². The third-order valence-corrected chi connectivity index (χ3v) is 1.79. The van der Waals surface area contributed by atoms with Gasteiger partial charge in [-0.3, -0.25) is 5.32 Å². The Balaban J connectivity index is 0.00000121. The predicted octanol–water partition coefficient (Wildman–Crippen LogP) is -0.0403. The number of rotatable bonds is 1. The molecule has 4 nitrogen and oxygen atoms in total. The van der Waals surface area contributed by atoms with E-state index < -0.39 is 5.54 Å². The molecule has 0 aliphatic carbocycles. The molecule has 0 bridgehead atoms. The summed E-state index contributed by atoms with van der Waals surface area (Å²) in [5, 5.41) is 3.05. The molecule has 0 aromatic heterocycles. The van der Waals surface area contributed by atoms with Crippen molar-refractivity contribution in [1.82, 2.24) is 5.32 Å². The van der Waals surface area contributed by atoms with Gasteiger partial charge in [-0.1, -0.05) is 0 Å². The molecule has 1 fully saturated rings. The first-order valence-corrected chi connectivity index (χ1v) is 3.60. The summed E-state index contributed by atoms with van der Waals surface area (Å²) >= 11 is 0. The molecule has 0 amide bonds. The first kappa shape index (κ1) is 11.7. The zero-order chi connectivity index (χ0) is 8.32. The first-order chi connectivity index (χ1) is 5.19. The largest absolute Gasteiger partial charge is 0.468 e. The Morgan fingerprint density at radius 3 is 2.75 bits per heavy atom. The lowest BCUT2D eigenvalue weighted by atomic mass is 10.0. The monoisotopic (exact) mass is 195 g/mol. The standard InChI is InChI=1S/C7H13NO3.ClH/c1-7(6(9)10-2)5-11-4-3-8-7;/h8H,3-5H2,1-2H3;1H/t7-;/m1./s1. The molecule has 1 atom stereocenters. The SMILES string of the molecule is COC(=O)[C@@]1(C)COCCN1.Cl. The Hall–Kier alpha value is -0.320. The fourth-order valence-electron chi connectivity index (χ4n) is 1.08. The lowest BCUT2D eigenvalue weighted by molar-refractivity contribution is -0.152. The quantitative estimate of drug-likeness (QED) is 0.597. The predicted molar refractivity (Wildman–Crippen MR) is 46.5 cm³/mol. The molecular formula is C7H14ClNO3. The molecule has 72 valence electrons. The van der Waals surface area contributed by atoms with Gasteiger partial charge in [0, 0.05) is 6.54 Å². The van der Waals surface area contributed by atoms with Crippen molar-refractivity contribution in [2.24, 2.45) is 0 Å². The molecule has 1 aliphatic rings. The highest BCUT2D eigenvalue weighted by molar-refractivity contribution is 5.85. The molecule has 1 heterocycles. The van der Waals surface area contributed by atoms with Crippen LogP contribution in [0.15, 0.2) is 0 Å². The van der Waals surface area contributed by atoms with Crippen LogP contribution in [0.1, 0.15) is 6.92 Å². The van der Waals surface area contributed by atoms with E-state index in [4.69, 9.17) is 4.74 Å². The van der Waals surface area contributed by atoms with Gasteiger partial charge in [0.05, 0.1) is 20.3 Å². The second-order valence-corrected chi connectivity index (χ2v) is 2.80. The fraction of sp³-hybridized carbons (Fsp3) is 0.857. The van der Waals surface area contributed by atoms with Crippen LogP contribution in [-0.4, -0.2) is 38.4 Å². The summed E-state index contributed by atoms with van der Waals surface area (Å²) in [6, 6.07) is 0. The maximum Gasteiger partial charge on any atom is 0.328 e. The number of methoxy groups -OCH3 is 1. The number of morpholine rings is 1. The Bertz CT molecular complexity index is 157. The van der Waals surface area contributed by atoms with Crippen LogP contribution < -0.4 is 5.32 Å². The van der Waals surface area contributed by atoms with Crippen molar-refractivity contribution in [3.63, 3.8) is 0 Å². The van der Waals surface area contributed by atoms with E-state index in [1.165, 1.54) is 7.11 Å². The highest BCUT2D eigenvalue weighted by Gasteiger charge is 2.36. The second kappa shape index (κ2) is 4.64. The molecule has 0 unspecified atom stereocenters. The average Bonchev–Trinajstić information content (AvgIpc) is 2.04. The minimum atomic E-state index is -0.646. The molecular weight excluding hydrogens is 182 g/mol. The van der Waals surface area contributed by atoms with Crippen molar-refractivity contribution in [3.8, 4) is 0 Å². The highest BCUT2D eigenvalue weighted by atomic mass is 35.5. The zero-order valence-electron chi connectivity index (χ0n) is 7.25. The third kappa shape index (κ3) is 2.33. The molecule has 0 radical (unpaired) electrons. The van der Waals surface area contributed by atoms with Crippen LogP contribution in [0.2, 0.25) is 0 Å². The van der Waals surface area contributed by atoms with E-state index in [0.29, 0.717) is 19.8 Å². The van der Waals surface area contributed by atoms with Crippen molar-refractivity contribution < 1.29 is 14.3 Å². The fourth-order valence-corrected chi connectivity index (χ4v) is 1.08. The van der Waals surface area contributed by atoms with E-state index in [1.54, 1.807) is 6.92 Å². The van der Waals surface area contributed by atoms with Gasteiger partial charge in [0.2, 0.25) is 0 Å². The number of halogens is 1. The molecule has 1 aliphatic heterocycles. The zero-order valence-corrected chi connectivity index (χ0v) is 8.07. The van der Waals surface area contributed by atoms with Gasteiger partial charge in [-0.2, -0.15) is 0 Å². The molecule has 0 saturated carbocycles. The maximum atomic E-state index is 11.1. The van der Waals surface area contributed by atoms with Gasteiger partial charge in [-0.25, -0.2) is 4.79 Å². The lowest BCUT2D eigenvalue weighted by Gasteiger charge is -2.31. The molecule has 1 saturated heterocycles. The summed E-state index contributed by atoms with van der Waals surface area (Å²) in [7, 11) is 1.38. The second-order valence-electron chi connectivity index (χ2n) is 2.80. The van der Waals surface area contributed by atoms with Crippen molar-refractivity contribution in [3.05, 3.63) is 0 Å². The van der Waals surface area contributed by atoms with E-state index in [9.17, 15) is 4.79 Å². The molecule has 0 spiro atoms. The molecule has 12 heavy (non-hydrogen) atoms. The minimum Gasteiger partial charge on any atom is -0.468 e. The van der Waals surface area contributed by atoms with Crippen LogP contribution in [0, 0.1) is 0 Å². The molecule has 0 aromatic rings. The van der Waals surface area contributed by atoms with Crippen LogP contribution in [0.25, 0.3) is 0 Å². The van der Waals surface area contributed by atoms with Gasteiger partial charge in [0.25, 0.3) is 0 Å². The number of esters is 1. The lowest BCUT2D eigenvalue weighted by Crippen LogP contribution is -2.57. The van der Waals surface area contributed by atoms with Crippen molar-refractivity contribution in [1.29, 1.82) is 0 Å². The number of hydrogen-bond donors (Lipinski definition) is 1. The number of ether oxygens (including phenoxy) is 2. The summed E-state index contributed by atoms with van der Waals surface area (Å²) in [4.78, 5) is 11.1. The molecule has 5 heteroatoms. The average molecular weight is 196 g/mol. The van der Waals surface area contributed by atoms with Crippen molar-refractivity contribution >= 4 is 18.4 Å². The van der Waals surface area contributed by atoms with Gasteiger partial charge in [-0.05, 0) is 6.92 Å². The first-order valence-electron chi connectivity index (χ1n) is 3.60. The summed E-state index contributed by atoms with van der Waals surface area (Å²) in [5.74, 6) is -0.266. The maximum absolute atomic E-state index is 11.1. The Kier molecular flexibility index (Phi) is 4.52. The normalized spacial score (nSPS) is 28.8. The summed E-state index contributed by atoms with van der Waals surface area (Å²) in [5.41, 5.74) is -0.646. The van der Waals surface area contributed by atoms with Gasteiger partial charge >= 0.3 is 5.97 Å². The smallest absolute Gasteiger partial charge is 0.328 e. The van der Waals surface area contributed by atoms with Crippen LogP contribution in [-0.2, 0) is 14.3 Å². The van der Waals surface area contributed by atoms with E-state index in [0.717, 1.165) is 0 Å². The number of nitrogens with one attached hydrogen (secondary N) is 1. The van der Waals surface area contributed by atoms with E-state index in [2.05, 4.69) is 10.1 Å². The van der Waals surface area contributed by atoms with Gasteiger partial charge in [-0.15, -0.1) is 12.4 Å². The highest BCUT2D eigenvalue weighted by Crippen LogP contribution is 2.09. The number of carbonyl (C=O) groups excluding carboxylic acids is 1. The molecule has 1 rings (SSSR count). The van der Waals surface area contributed by atoms with Crippen molar-refractivity contribution in [2.75, 3.05) is 26.9 Å². The molecule has 1 N–H and O–H groups in total. The van der Waals surface area contributed by atoms with E-state index in [-0.39, 0.29) is 18.4 Å². The summed E-state index contributed by atoms with van der Waals surface area (Å²) in [6.45, 7) is 3.52. The third-order valence-electron chi connectivity index (χ3n) is 1.79. The minimum absolute atomic E-state index is 0. The van der Waals surface area contributed by atoms with Gasteiger partial charge in [0.1, 0.15) is 5.54 Å². The van der Waals surface area contributed by atoms with E-state index in [1.807, 2.05) is 0 Å².